The van der Waals surface area contributed by atoms with Gasteiger partial charge in [0.1, 0.15) is 0 Å². The molecule has 2 rings (SSSR count). The van der Waals surface area contributed by atoms with Gasteiger partial charge in [-0.25, -0.2) is 0 Å². The molecule has 0 radical (unpaired) electrons. The van der Waals surface area contributed by atoms with Crippen LogP contribution in [0.5, 0.6) is 0 Å². The lowest BCUT2D eigenvalue weighted by atomic mass is 10.1. The van der Waals surface area contributed by atoms with Crippen LogP contribution >= 0.6 is 11.8 Å². The Morgan fingerprint density at radius 1 is 1.65 bits per heavy atom. The van der Waals surface area contributed by atoms with Gasteiger partial charge in [-0.15, -0.1) is 0 Å². The van der Waals surface area contributed by atoms with Crippen molar-refractivity contribution >= 4 is 17.7 Å². The number of nitrogens with one attached hydrogen (secondary N) is 1. The van der Waals surface area contributed by atoms with Crippen LogP contribution in [0.2, 0.25) is 0 Å². The first kappa shape index (κ1) is 15.2. The van der Waals surface area contributed by atoms with Crippen molar-refractivity contribution in [1.29, 1.82) is 0 Å². The van der Waals surface area contributed by atoms with Gasteiger partial charge in [-0.1, -0.05) is 19.0 Å². The Balaban J connectivity index is 1.91. The summed E-state index contributed by atoms with van der Waals surface area (Å²) in [4.78, 5) is 6.73. The molecule has 5 nitrogen and oxygen atoms in total. The lowest BCUT2D eigenvalue weighted by Gasteiger charge is -2.36. The van der Waals surface area contributed by atoms with E-state index in [4.69, 9.17) is 4.52 Å². The van der Waals surface area contributed by atoms with Crippen LogP contribution in [-0.2, 0) is 6.54 Å². The molecule has 0 aromatic carbocycles. The highest BCUT2D eigenvalue weighted by atomic mass is 32.2. The zero-order chi connectivity index (χ0) is 14.5. The Labute approximate surface area is 125 Å². The molecule has 1 N–H and O–H groups in total. The average molecular weight is 296 g/mol. The van der Waals surface area contributed by atoms with Crippen LogP contribution in [0.1, 0.15) is 25.3 Å². The molecule has 20 heavy (non-hydrogen) atoms. The number of aromatic nitrogens is 1. The lowest BCUT2D eigenvalue weighted by molar-refractivity contribution is 0.361. The molecule has 0 bridgehead atoms. The van der Waals surface area contributed by atoms with Gasteiger partial charge in [0.25, 0.3) is 0 Å². The van der Waals surface area contributed by atoms with Crippen molar-refractivity contribution in [2.45, 2.75) is 32.6 Å². The third kappa shape index (κ3) is 3.91. The van der Waals surface area contributed by atoms with Gasteiger partial charge >= 0.3 is 0 Å². The molecule has 1 unspecified atom stereocenters. The maximum absolute atomic E-state index is 5.22. The van der Waals surface area contributed by atoms with Gasteiger partial charge in [0.15, 0.2) is 11.7 Å². The molecule has 2 heterocycles. The van der Waals surface area contributed by atoms with Gasteiger partial charge < -0.3 is 14.7 Å². The van der Waals surface area contributed by atoms with Crippen LogP contribution in [0, 0.1) is 12.8 Å². The summed E-state index contributed by atoms with van der Waals surface area (Å²) in [6.45, 7) is 9.23. The lowest BCUT2D eigenvalue weighted by Crippen LogP contribution is -2.48. The third-order valence-electron chi connectivity index (χ3n) is 3.45. The van der Waals surface area contributed by atoms with Gasteiger partial charge in [0.2, 0.25) is 0 Å². The number of guanidine groups is 1. The number of rotatable bonds is 3. The fourth-order valence-corrected chi connectivity index (χ4v) is 3.57. The number of thioether (sulfide) groups is 1. The summed E-state index contributed by atoms with van der Waals surface area (Å²) in [5.74, 6) is 3.64. The average Bonchev–Trinajstić information content (AvgIpc) is 2.85. The summed E-state index contributed by atoms with van der Waals surface area (Å²) in [6.07, 6.45) is 0. The number of aryl methyl sites for hydroxylation is 1. The third-order valence-corrected chi connectivity index (χ3v) is 4.99. The molecule has 0 spiro atoms. The maximum atomic E-state index is 5.22. The van der Waals surface area contributed by atoms with E-state index < -0.39 is 0 Å². The first-order chi connectivity index (χ1) is 9.60. The standard InChI is InChI=1S/C14H24N4OS/c1-10(2)13-9-18(5-6-20-13)14(15-4)16-8-12-7-11(3)17-19-12/h7,10,13H,5-6,8-9H2,1-4H3,(H,15,16). The Hall–Kier alpha value is -1.17. The molecule has 0 saturated carbocycles. The molecular weight excluding hydrogens is 272 g/mol. The summed E-state index contributed by atoms with van der Waals surface area (Å²) in [7, 11) is 1.83. The van der Waals surface area contributed by atoms with Gasteiger partial charge in [0.05, 0.1) is 12.2 Å². The zero-order valence-corrected chi connectivity index (χ0v) is 13.5. The molecule has 1 fully saturated rings. The predicted molar refractivity (Wildman–Crippen MR) is 84.1 cm³/mol. The van der Waals surface area contributed by atoms with Crippen LogP contribution in [0.3, 0.4) is 0 Å². The second-order valence-electron chi connectivity index (χ2n) is 5.43. The van der Waals surface area contributed by atoms with Gasteiger partial charge in [-0.05, 0) is 12.8 Å². The normalized spacial score (nSPS) is 20.6. The van der Waals surface area contributed by atoms with E-state index in [1.165, 1.54) is 0 Å². The Bertz CT molecular complexity index is 458. The predicted octanol–water partition coefficient (Wildman–Crippen LogP) is 2.13. The largest absolute Gasteiger partial charge is 0.359 e. The summed E-state index contributed by atoms with van der Waals surface area (Å²) in [5, 5.41) is 7.93. The zero-order valence-electron chi connectivity index (χ0n) is 12.7. The van der Waals surface area contributed by atoms with Crippen LogP contribution < -0.4 is 5.32 Å². The van der Waals surface area contributed by atoms with E-state index in [1.54, 1.807) is 0 Å². The minimum atomic E-state index is 0.628. The molecule has 1 aliphatic heterocycles. The first-order valence-corrected chi connectivity index (χ1v) is 8.14. The minimum Gasteiger partial charge on any atom is -0.359 e. The monoisotopic (exact) mass is 296 g/mol. The van der Waals surface area contributed by atoms with E-state index in [0.29, 0.717) is 17.7 Å². The second kappa shape index (κ2) is 7.02. The highest BCUT2D eigenvalue weighted by Crippen LogP contribution is 2.24. The molecule has 6 heteroatoms. The van der Waals surface area contributed by atoms with Crippen LogP contribution in [0.15, 0.2) is 15.6 Å². The van der Waals surface area contributed by atoms with Crippen molar-refractivity contribution in [3.8, 4) is 0 Å². The number of aliphatic imine (C=N–C) groups is 1. The smallest absolute Gasteiger partial charge is 0.194 e. The fraction of sp³-hybridized carbons (Fsp3) is 0.714. The summed E-state index contributed by atoms with van der Waals surface area (Å²) in [6, 6.07) is 1.95. The molecule has 1 aliphatic rings. The molecule has 0 aliphatic carbocycles. The highest BCUT2D eigenvalue weighted by Gasteiger charge is 2.24. The topological polar surface area (TPSA) is 53.7 Å². The SMILES string of the molecule is CN=C(NCc1cc(C)no1)N1CCSC(C(C)C)C1. The minimum absolute atomic E-state index is 0.628. The van der Waals surface area contributed by atoms with E-state index >= 15 is 0 Å². The van der Waals surface area contributed by atoms with E-state index in [0.717, 1.165) is 36.3 Å². The van der Waals surface area contributed by atoms with Crippen LogP contribution in [0.25, 0.3) is 0 Å². The van der Waals surface area contributed by atoms with Crippen LogP contribution in [0.4, 0.5) is 0 Å². The number of hydrogen-bond donors (Lipinski definition) is 1. The number of hydrogen-bond acceptors (Lipinski definition) is 4. The molecule has 1 aromatic heterocycles. The fourth-order valence-electron chi connectivity index (χ4n) is 2.27. The quantitative estimate of drug-likeness (QED) is 0.684. The molecule has 1 saturated heterocycles. The summed E-state index contributed by atoms with van der Waals surface area (Å²) < 4.78 is 5.22. The van der Waals surface area contributed by atoms with Gasteiger partial charge in [-0.3, -0.25) is 4.99 Å². The molecule has 1 aromatic rings. The number of nitrogens with zero attached hydrogens (tertiary/aromatic N) is 3. The molecular formula is C14H24N4OS. The van der Waals surface area contributed by atoms with Crippen molar-refractivity contribution in [1.82, 2.24) is 15.4 Å². The van der Waals surface area contributed by atoms with Crippen molar-refractivity contribution in [3.63, 3.8) is 0 Å². The van der Waals surface area contributed by atoms with Crippen molar-refractivity contribution in [2.24, 2.45) is 10.9 Å². The summed E-state index contributed by atoms with van der Waals surface area (Å²) in [5.41, 5.74) is 0.908. The first-order valence-electron chi connectivity index (χ1n) is 7.09. The Kier molecular flexibility index (Phi) is 5.34. The highest BCUT2D eigenvalue weighted by molar-refractivity contribution is 8.00. The Morgan fingerprint density at radius 2 is 2.45 bits per heavy atom. The van der Waals surface area contributed by atoms with Crippen LogP contribution in [-0.4, -0.2) is 47.2 Å². The molecule has 0 amide bonds. The van der Waals surface area contributed by atoms with Gasteiger partial charge in [-0.2, -0.15) is 11.8 Å². The molecule has 1 atom stereocenters. The molecule has 112 valence electrons. The summed E-state index contributed by atoms with van der Waals surface area (Å²) >= 11 is 2.07. The second-order valence-corrected chi connectivity index (χ2v) is 6.78. The van der Waals surface area contributed by atoms with E-state index in [2.05, 4.69) is 46.0 Å². The van der Waals surface area contributed by atoms with Crippen molar-refractivity contribution in [2.75, 3.05) is 25.9 Å². The van der Waals surface area contributed by atoms with Crippen molar-refractivity contribution < 1.29 is 4.52 Å². The van der Waals surface area contributed by atoms with E-state index in [9.17, 15) is 0 Å². The van der Waals surface area contributed by atoms with Gasteiger partial charge in [0, 0.05) is 37.2 Å². The van der Waals surface area contributed by atoms with Crippen molar-refractivity contribution in [3.05, 3.63) is 17.5 Å². The Morgan fingerprint density at radius 3 is 3.05 bits per heavy atom. The van der Waals surface area contributed by atoms with E-state index in [-0.39, 0.29) is 0 Å². The van der Waals surface area contributed by atoms with E-state index in [1.807, 2.05) is 20.0 Å². The maximum Gasteiger partial charge on any atom is 0.194 e.